The fraction of sp³-hybridized carbons (Fsp3) is 0.400. The number of hydrogen-bond donors (Lipinski definition) is 1. The van der Waals surface area contributed by atoms with Gasteiger partial charge in [-0.1, -0.05) is 0 Å². The first-order valence-corrected chi connectivity index (χ1v) is 7.26. The zero-order valence-corrected chi connectivity index (χ0v) is 12.2. The van der Waals surface area contributed by atoms with Crippen LogP contribution in [0.3, 0.4) is 0 Å². The summed E-state index contributed by atoms with van der Waals surface area (Å²) in [6, 6.07) is 3.89. The second-order valence-corrected chi connectivity index (χ2v) is 5.20. The van der Waals surface area contributed by atoms with E-state index in [4.69, 9.17) is 4.74 Å². The Morgan fingerprint density at radius 2 is 2.00 bits per heavy atom. The Balaban J connectivity index is 1.53. The Kier molecular flexibility index (Phi) is 4.31. The van der Waals surface area contributed by atoms with Crippen LogP contribution in [-0.2, 0) is 6.18 Å². The summed E-state index contributed by atoms with van der Waals surface area (Å²) in [6.07, 6.45) is 0.663. The summed E-state index contributed by atoms with van der Waals surface area (Å²) in [6.45, 7) is 0.359. The number of hydrogen-bond acceptors (Lipinski definition) is 5. The molecule has 1 fully saturated rings. The highest BCUT2D eigenvalue weighted by Crippen LogP contribution is 2.38. The van der Waals surface area contributed by atoms with Crippen LogP contribution in [0.2, 0.25) is 0 Å². The van der Waals surface area contributed by atoms with Gasteiger partial charge in [-0.15, -0.1) is 0 Å². The summed E-state index contributed by atoms with van der Waals surface area (Å²) < 4.78 is 43.5. The number of alkyl halides is 3. The second kappa shape index (κ2) is 6.39. The number of ether oxygens (including phenoxy) is 1. The van der Waals surface area contributed by atoms with Crippen LogP contribution < -0.4 is 10.1 Å². The monoisotopic (exact) mass is 324 g/mol. The van der Waals surface area contributed by atoms with E-state index < -0.39 is 17.6 Å². The molecule has 0 radical (unpaired) electrons. The lowest BCUT2D eigenvalue weighted by Crippen LogP contribution is -2.16. The fourth-order valence-electron chi connectivity index (χ4n) is 2.06. The first-order chi connectivity index (χ1) is 11.0. The molecule has 0 aromatic carbocycles. The van der Waals surface area contributed by atoms with Gasteiger partial charge in [-0.3, -0.25) is 0 Å². The first kappa shape index (κ1) is 15.5. The lowest BCUT2D eigenvalue weighted by molar-refractivity contribution is -0.139. The Bertz CT molecular complexity index is 674. The second-order valence-electron chi connectivity index (χ2n) is 5.20. The minimum Gasteiger partial charge on any atom is -0.475 e. The third-order valence-electron chi connectivity index (χ3n) is 3.34. The summed E-state index contributed by atoms with van der Waals surface area (Å²) in [5.74, 6) is 1.47. The molecule has 1 aliphatic carbocycles. The molecule has 0 aliphatic heterocycles. The van der Waals surface area contributed by atoms with Crippen molar-refractivity contribution in [2.75, 3.05) is 18.5 Å². The maximum atomic E-state index is 12.8. The molecule has 0 atom stereocenters. The van der Waals surface area contributed by atoms with Gasteiger partial charge in [0.15, 0.2) is 0 Å². The molecule has 0 bridgehead atoms. The van der Waals surface area contributed by atoms with Gasteiger partial charge in [0.2, 0.25) is 5.88 Å². The number of anilines is 1. The summed E-state index contributed by atoms with van der Waals surface area (Å²) in [7, 11) is 0. The van der Waals surface area contributed by atoms with Crippen LogP contribution in [0, 0.1) is 0 Å². The zero-order valence-electron chi connectivity index (χ0n) is 12.2. The largest absolute Gasteiger partial charge is 0.475 e. The SMILES string of the molecule is FC(F)(F)c1cccnc1OCCNc1ccnc(C2CC2)n1. The molecule has 1 aliphatic rings. The van der Waals surface area contributed by atoms with E-state index in [2.05, 4.69) is 20.3 Å². The first-order valence-electron chi connectivity index (χ1n) is 7.26. The van der Waals surface area contributed by atoms with Crippen molar-refractivity contribution in [3.63, 3.8) is 0 Å². The third-order valence-corrected chi connectivity index (χ3v) is 3.34. The third kappa shape index (κ3) is 4.08. The number of rotatable bonds is 6. The van der Waals surface area contributed by atoms with Gasteiger partial charge in [-0.05, 0) is 31.0 Å². The Morgan fingerprint density at radius 3 is 2.74 bits per heavy atom. The van der Waals surface area contributed by atoms with Crippen LogP contribution in [0.4, 0.5) is 19.0 Å². The summed E-state index contributed by atoms with van der Waals surface area (Å²) in [5.41, 5.74) is -0.877. The van der Waals surface area contributed by atoms with Gasteiger partial charge in [-0.25, -0.2) is 15.0 Å². The maximum Gasteiger partial charge on any atom is 0.421 e. The highest BCUT2D eigenvalue weighted by molar-refractivity contribution is 5.34. The van der Waals surface area contributed by atoms with Crippen LogP contribution in [0.15, 0.2) is 30.6 Å². The number of nitrogens with zero attached hydrogens (tertiary/aromatic N) is 3. The molecular weight excluding hydrogens is 309 g/mol. The summed E-state index contributed by atoms with van der Waals surface area (Å²) in [5, 5.41) is 3.01. The fourth-order valence-corrected chi connectivity index (χ4v) is 2.06. The van der Waals surface area contributed by atoms with E-state index >= 15 is 0 Å². The van der Waals surface area contributed by atoms with Gasteiger partial charge >= 0.3 is 6.18 Å². The van der Waals surface area contributed by atoms with Crippen LogP contribution in [0.25, 0.3) is 0 Å². The molecule has 2 aromatic heterocycles. The Morgan fingerprint density at radius 1 is 1.17 bits per heavy atom. The standard InChI is InChI=1S/C15H15F3N4O/c16-15(17,18)11-2-1-6-21-14(11)23-9-8-19-12-5-7-20-13(22-12)10-3-4-10/h1-2,5-7,10H,3-4,8-9H2,(H,19,20,22). The van der Waals surface area contributed by atoms with Crippen LogP contribution >= 0.6 is 0 Å². The van der Waals surface area contributed by atoms with E-state index in [1.54, 1.807) is 12.3 Å². The average Bonchev–Trinajstić information content (AvgIpc) is 3.36. The van der Waals surface area contributed by atoms with Crippen molar-refractivity contribution in [3.8, 4) is 5.88 Å². The molecule has 0 saturated heterocycles. The summed E-state index contributed by atoms with van der Waals surface area (Å²) in [4.78, 5) is 12.2. The maximum absolute atomic E-state index is 12.8. The number of halogens is 3. The molecule has 122 valence electrons. The van der Waals surface area contributed by atoms with E-state index in [0.29, 0.717) is 18.3 Å². The van der Waals surface area contributed by atoms with Gasteiger partial charge in [-0.2, -0.15) is 13.2 Å². The van der Waals surface area contributed by atoms with Crippen LogP contribution in [0.5, 0.6) is 5.88 Å². The molecule has 0 amide bonds. The van der Waals surface area contributed by atoms with Crippen molar-refractivity contribution in [3.05, 3.63) is 42.0 Å². The quantitative estimate of drug-likeness (QED) is 0.827. The van der Waals surface area contributed by atoms with Gasteiger partial charge < -0.3 is 10.1 Å². The molecule has 23 heavy (non-hydrogen) atoms. The highest BCUT2D eigenvalue weighted by atomic mass is 19.4. The van der Waals surface area contributed by atoms with E-state index in [1.165, 1.54) is 12.3 Å². The van der Waals surface area contributed by atoms with Crippen molar-refractivity contribution >= 4 is 5.82 Å². The molecule has 2 aromatic rings. The van der Waals surface area contributed by atoms with Crippen molar-refractivity contribution in [1.82, 2.24) is 15.0 Å². The number of aromatic nitrogens is 3. The molecule has 1 N–H and O–H groups in total. The number of pyridine rings is 1. The van der Waals surface area contributed by atoms with E-state index in [-0.39, 0.29) is 6.61 Å². The topological polar surface area (TPSA) is 59.9 Å². The smallest absolute Gasteiger partial charge is 0.421 e. The minimum absolute atomic E-state index is 0.0445. The summed E-state index contributed by atoms with van der Waals surface area (Å²) >= 11 is 0. The predicted molar refractivity (Wildman–Crippen MR) is 77.2 cm³/mol. The average molecular weight is 324 g/mol. The zero-order chi connectivity index (χ0) is 16.3. The van der Waals surface area contributed by atoms with Crippen molar-refractivity contribution in [2.24, 2.45) is 0 Å². The minimum atomic E-state index is -4.48. The molecule has 0 unspecified atom stereocenters. The normalized spacial score (nSPS) is 14.6. The van der Waals surface area contributed by atoms with E-state index in [0.717, 1.165) is 24.7 Å². The number of nitrogens with one attached hydrogen (secondary N) is 1. The van der Waals surface area contributed by atoms with Crippen LogP contribution in [0.1, 0.15) is 30.1 Å². The molecular formula is C15H15F3N4O. The Hall–Kier alpha value is -2.38. The molecule has 3 rings (SSSR count). The molecule has 2 heterocycles. The molecule has 1 saturated carbocycles. The van der Waals surface area contributed by atoms with Crippen molar-refractivity contribution in [1.29, 1.82) is 0 Å². The molecule has 5 nitrogen and oxygen atoms in total. The lowest BCUT2D eigenvalue weighted by Gasteiger charge is -2.13. The predicted octanol–water partition coefficient (Wildman–Crippen LogP) is 3.26. The molecule has 8 heteroatoms. The highest BCUT2D eigenvalue weighted by Gasteiger charge is 2.35. The van der Waals surface area contributed by atoms with E-state index in [1.807, 2.05) is 0 Å². The van der Waals surface area contributed by atoms with Crippen molar-refractivity contribution < 1.29 is 17.9 Å². The van der Waals surface area contributed by atoms with Gasteiger partial charge in [0, 0.05) is 18.3 Å². The van der Waals surface area contributed by atoms with Crippen LogP contribution in [-0.4, -0.2) is 28.1 Å². The van der Waals surface area contributed by atoms with Gasteiger partial charge in [0.05, 0.1) is 6.54 Å². The van der Waals surface area contributed by atoms with Gasteiger partial charge in [0.25, 0.3) is 0 Å². The van der Waals surface area contributed by atoms with E-state index in [9.17, 15) is 13.2 Å². The molecule has 0 spiro atoms. The lowest BCUT2D eigenvalue weighted by atomic mass is 10.2. The van der Waals surface area contributed by atoms with Crippen molar-refractivity contribution in [2.45, 2.75) is 24.9 Å². The van der Waals surface area contributed by atoms with Gasteiger partial charge in [0.1, 0.15) is 23.8 Å². The Labute approximate surface area is 130 Å².